The van der Waals surface area contributed by atoms with Gasteiger partial charge in [-0.2, -0.15) is 0 Å². The molecule has 0 atom stereocenters. The van der Waals surface area contributed by atoms with E-state index in [0.717, 1.165) is 41.1 Å². The number of aromatic nitrogens is 3. The van der Waals surface area contributed by atoms with E-state index < -0.39 is 0 Å². The Bertz CT molecular complexity index is 910. The SMILES string of the molecule is C=C(C(C)=N)c1cnc2c(N3CCOCC3)nc(C(=C)/C=C\C)nc2c1. The molecule has 6 nitrogen and oxygen atoms in total. The summed E-state index contributed by atoms with van der Waals surface area (Å²) >= 11 is 0. The number of hydrogen-bond donors (Lipinski definition) is 1. The van der Waals surface area contributed by atoms with E-state index in [9.17, 15) is 0 Å². The van der Waals surface area contributed by atoms with Crippen LogP contribution in [0, 0.1) is 5.41 Å². The highest BCUT2D eigenvalue weighted by molar-refractivity contribution is 6.20. The molecule has 2 aromatic rings. The van der Waals surface area contributed by atoms with E-state index in [1.807, 2.05) is 25.1 Å². The van der Waals surface area contributed by atoms with Crippen molar-refractivity contribution < 1.29 is 4.74 Å². The number of fused-ring (bicyclic) bond motifs is 1. The number of hydrogen-bond acceptors (Lipinski definition) is 6. The third kappa shape index (κ3) is 3.55. The first-order valence-electron chi connectivity index (χ1n) is 8.58. The van der Waals surface area contributed by atoms with Crippen LogP contribution in [-0.4, -0.2) is 47.0 Å². The lowest BCUT2D eigenvalue weighted by atomic mass is 10.1. The van der Waals surface area contributed by atoms with Gasteiger partial charge in [-0.15, -0.1) is 0 Å². The van der Waals surface area contributed by atoms with Crippen LogP contribution in [-0.2, 0) is 4.74 Å². The Kier molecular flexibility index (Phi) is 5.23. The molecular weight excluding hydrogens is 326 g/mol. The summed E-state index contributed by atoms with van der Waals surface area (Å²) < 4.78 is 5.46. The molecule has 0 aliphatic carbocycles. The summed E-state index contributed by atoms with van der Waals surface area (Å²) in [5.41, 5.74) is 4.05. The topological polar surface area (TPSA) is 75.0 Å². The average molecular weight is 349 g/mol. The molecule has 2 aromatic heterocycles. The van der Waals surface area contributed by atoms with Crippen LogP contribution in [0.25, 0.3) is 22.2 Å². The van der Waals surface area contributed by atoms with E-state index in [4.69, 9.17) is 15.1 Å². The second kappa shape index (κ2) is 7.58. The van der Waals surface area contributed by atoms with Crippen molar-refractivity contribution in [1.29, 1.82) is 5.41 Å². The maximum Gasteiger partial charge on any atom is 0.161 e. The molecule has 0 spiro atoms. The molecule has 0 bridgehead atoms. The van der Waals surface area contributed by atoms with Gasteiger partial charge < -0.3 is 15.0 Å². The quantitative estimate of drug-likeness (QED) is 0.660. The summed E-state index contributed by atoms with van der Waals surface area (Å²) in [7, 11) is 0. The minimum Gasteiger partial charge on any atom is -0.378 e. The van der Waals surface area contributed by atoms with Gasteiger partial charge in [0.05, 0.1) is 18.7 Å². The van der Waals surface area contributed by atoms with E-state index >= 15 is 0 Å². The molecule has 0 radical (unpaired) electrons. The minimum atomic E-state index is 0.409. The van der Waals surface area contributed by atoms with Crippen LogP contribution >= 0.6 is 0 Å². The lowest BCUT2D eigenvalue weighted by molar-refractivity contribution is 0.122. The van der Waals surface area contributed by atoms with E-state index in [0.29, 0.717) is 30.3 Å². The fourth-order valence-corrected chi connectivity index (χ4v) is 2.80. The lowest BCUT2D eigenvalue weighted by Crippen LogP contribution is -2.37. The fraction of sp³-hybridized carbons (Fsp3) is 0.300. The normalized spacial score (nSPS) is 14.8. The van der Waals surface area contributed by atoms with Crippen LogP contribution < -0.4 is 4.90 Å². The van der Waals surface area contributed by atoms with Gasteiger partial charge in [0.2, 0.25) is 0 Å². The summed E-state index contributed by atoms with van der Waals surface area (Å²) in [6, 6.07) is 1.92. The first-order valence-corrected chi connectivity index (χ1v) is 8.58. The van der Waals surface area contributed by atoms with Crippen LogP contribution in [0.5, 0.6) is 0 Å². The first-order chi connectivity index (χ1) is 12.5. The maximum absolute atomic E-state index is 7.81. The predicted molar refractivity (Wildman–Crippen MR) is 107 cm³/mol. The van der Waals surface area contributed by atoms with Crippen LogP contribution in [0.1, 0.15) is 25.2 Å². The molecule has 6 heteroatoms. The number of rotatable bonds is 5. The highest BCUT2D eigenvalue weighted by atomic mass is 16.5. The number of morpholine rings is 1. The Balaban J connectivity index is 2.17. The van der Waals surface area contributed by atoms with Gasteiger partial charge >= 0.3 is 0 Å². The Morgan fingerprint density at radius 3 is 2.65 bits per heavy atom. The molecule has 3 rings (SSSR count). The monoisotopic (exact) mass is 349 g/mol. The number of allylic oxidation sites excluding steroid dienone is 4. The third-order valence-electron chi connectivity index (χ3n) is 4.28. The maximum atomic E-state index is 7.81. The van der Waals surface area contributed by atoms with Crippen LogP contribution in [0.3, 0.4) is 0 Å². The summed E-state index contributed by atoms with van der Waals surface area (Å²) in [5.74, 6) is 1.37. The molecule has 1 N–H and O–H groups in total. The van der Waals surface area contributed by atoms with E-state index in [-0.39, 0.29) is 0 Å². The predicted octanol–water partition coefficient (Wildman–Crippen LogP) is 3.50. The van der Waals surface area contributed by atoms with Gasteiger partial charge in [0.15, 0.2) is 11.6 Å². The molecule has 3 heterocycles. The fourth-order valence-electron chi connectivity index (χ4n) is 2.80. The van der Waals surface area contributed by atoms with Crippen LogP contribution in [0.4, 0.5) is 5.82 Å². The molecular formula is C20H23N5O. The molecule has 134 valence electrons. The van der Waals surface area contributed by atoms with Gasteiger partial charge in [-0.3, -0.25) is 4.98 Å². The summed E-state index contributed by atoms with van der Waals surface area (Å²) in [6.07, 6.45) is 5.54. The average Bonchev–Trinajstić information content (AvgIpc) is 2.66. The van der Waals surface area contributed by atoms with Crippen molar-refractivity contribution in [2.45, 2.75) is 13.8 Å². The van der Waals surface area contributed by atoms with Crippen molar-refractivity contribution in [1.82, 2.24) is 15.0 Å². The van der Waals surface area contributed by atoms with Crippen LogP contribution in [0.2, 0.25) is 0 Å². The third-order valence-corrected chi connectivity index (χ3v) is 4.28. The van der Waals surface area contributed by atoms with Crippen molar-refractivity contribution >= 4 is 33.7 Å². The Morgan fingerprint density at radius 1 is 1.27 bits per heavy atom. The Labute approximate surface area is 153 Å². The zero-order chi connectivity index (χ0) is 18.7. The molecule has 1 fully saturated rings. The van der Waals surface area contributed by atoms with Crippen molar-refractivity contribution in [2.75, 3.05) is 31.2 Å². The van der Waals surface area contributed by atoms with Crippen LogP contribution in [0.15, 0.2) is 37.6 Å². The molecule has 0 amide bonds. The number of anilines is 1. The zero-order valence-electron chi connectivity index (χ0n) is 15.2. The second-order valence-corrected chi connectivity index (χ2v) is 6.19. The smallest absolute Gasteiger partial charge is 0.161 e. The standard InChI is InChI=1S/C20H23N5O/c1-5-6-13(2)19-23-17-11-16(14(3)15(4)21)12-22-18(17)20(24-19)25-7-9-26-10-8-25/h5-6,11-12,21H,2-3,7-10H2,1,4H3/b6-5-,21-15?. The van der Waals surface area contributed by atoms with Crippen molar-refractivity contribution in [3.8, 4) is 0 Å². The van der Waals surface area contributed by atoms with Crippen molar-refractivity contribution in [2.24, 2.45) is 0 Å². The van der Waals surface area contributed by atoms with Gasteiger partial charge in [0.1, 0.15) is 5.52 Å². The van der Waals surface area contributed by atoms with Crippen molar-refractivity contribution in [3.63, 3.8) is 0 Å². The second-order valence-electron chi connectivity index (χ2n) is 6.19. The van der Waals surface area contributed by atoms with E-state index in [1.165, 1.54) is 0 Å². The molecule has 0 saturated carbocycles. The molecule has 1 aliphatic heterocycles. The molecule has 0 unspecified atom stereocenters. The number of ether oxygens (including phenoxy) is 1. The van der Waals surface area contributed by atoms with Gasteiger partial charge in [0, 0.05) is 36.1 Å². The first kappa shape index (κ1) is 17.9. The zero-order valence-corrected chi connectivity index (χ0v) is 15.2. The highest BCUT2D eigenvalue weighted by Crippen LogP contribution is 2.27. The van der Waals surface area contributed by atoms with Gasteiger partial charge in [-0.1, -0.05) is 25.3 Å². The number of nitrogens with one attached hydrogen (secondary N) is 1. The van der Waals surface area contributed by atoms with Gasteiger partial charge in [0.25, 0.3) is 0 Å². The minimum absolute atomic E-state index is 0.409. The number of nitrogens with zero attached hydrogens (tertiary/aromatic N) is 4. The summed E-state index contributed by atoms with van der Waals surface area (Å²) in [4.78, 5) is 16.2. The van der Waals surface area contributed by atoms with Gasteiger partial charge in [-0.25, -0.2) is 9.97 Å². The van der Waals surface area contributed by atoms with E-state index in [2.05, 4.69) is 28.0 Å². The summed E-state index contributed by atoms with van der Waals surface area (Å²) in [5, 5.41) is 7.81. The highest BCUT2D eigenvalue weighted by Gasteiger charge is 2.19. The molecule has 26 heavy (non-hydrogen) atoms. The molecule has 0 aromatic carbocycles. The van der Waals surface area contributed by atoms with Gasteiger partial charge in [-0.05, 0) is 25.5 Å². The lowest BCUT2D eigenvalue weighted by Gasteiger charge is -2.28. The van der Waals surface area contributed by atoms with Crippen molar-refractivity contribution in [3.05, 3.63) is 49.0 Å². The van der Waals surface area contributed by atoms with E-state index in [1.54, 1.807) is 13.1 Å². The molecule has 1 aliphatic rings. The largest absolute Gasteiger partial charge is 0.378 e. The Morgan fingerprint density at radius 2 is 2.00 bits per heavy atom. The Hall–Kier alpha value is -2.86. The number of pyridine rings is 1. The summed E-state index contributed by atoms with van der Waals surface area (Å²) in [6.45, 7) is 14.5. The molecule has 1 saturated heterocycles.